The topological polar surface area (TPSA) is 63.1 Å². The number of hydrogen-bond acceptors (Lipinski definition) is 3. The van der Waals surface area contributed by atoms with E-state index in [1.54, 1.807) is 0 Å². The van der Waals surface area contributed by atoms with E-state index < -0.39 is 5.82 Å². The maximum atomic E-state index is 13.3. The van der Waals surface area contributed by atoms with Gasteiger partial charge in [-0.05, 0) is 18.2 Å². The van der Waals surface area contributed by atoms with Gasteiger partial charge in [0.25, 0.3) is 0 Å². The van der Waals surface area contributed by atoms with Gasteiger partial charge in [-0.25, -0.2) is 4.39 Å². The molecule has 0 bridgehead atoms. The Labute approximate surface area is 157 Å². The van der Waals surface area contributed by atoms with Crippen molar-refractivity contribution in [3.63, 3.8) is 0 Å². The summed E-state index contributed by atoms with van der Waals surface area (Å²) in [5, 5.41) is 2.90. The van der Waals surface area contributed by atoms with Gasteiger partial charge in [-0.2, -0.15) is 0 Å². The van der Waals surface area contributed by atoms with E-state index in [9.17, 15) is 14.0 Å². The second kappa shape index (κ2) is 8.79. The second-order valence-corrected chi connectivity index (χ2v) is 7.17. The Bertz CT molecular complexity index is 667. The molecule has 2 N–H and O–H groups in total. The monoisotopic (exact) mass is 384 g/mol. The number of morpholine rings is 1. The average Bonchev–Trinajstić information content (AvgIpc) is 3.04. The van der Waals surface area contributed by atoms with Gasteiger partial charge in [0.05, 0.1) is 30.7 Å². The van der Waals surface area contributed by atoms with E-state index in [-0.39, 0.29) is 29.2 Å². The number of amides is 2. The van der Waals surface area contributed by atoms with Crippen LogP contribution in [0.2, 0.25) is 5.02 Å². The fourth-order valence-electron chi connectivity index (χ4n) is 3.39. The lowest BCUT2D eigenvalue weighted by Crippen LogP contribution is -3.14. The summed E-state index contributed by atoms with van der Waals surface area (Å²) in [6.45, 7) is 5.54. The molecule has 2 saturated heterocycles. The summed E-state index contributed by atoms with van der Waals surface area (Å²) < 4.78 is 18.6. The van der Waals surface area contributed by atoms with E-state index in [2.05, 4.69) is 5.32 Å². The van der Waals surface area contributed by atoms with Gasteiger partial charge in [-0.15, -0.1) is 0 Å². The highest BCUT2D eigenvalue weighted by molar-refractivity contribution is 6.31. The summed E-state index contributed by atoms with van der Waals surface area (Å²) in [6, 6.07) is 4.15. The van der Waals surface area contributed by atoms with Crippen molar-refractivity contribution in [2.75, 3.05) is 50.8 Å². The molecule has 26 heavy (non-hydrogen) atoms. The largest absolute Gasteiger partial charge is 0.370 e. The van der Waals surface area contributed by atoms with Crippen LogP contribution in [0, 0.1) is 11.7 Å². The third kappa shape index (κ3) is 4.72. The Morgan fingerprint density at radius 1 is 1.38 bits per heavy atom. The van der Waals surface area contributed by atoms with E-state index in [0.29, 0.717) is 18.8 Å². The summed E-state index contributed by atoms with van der Waals surface area (Å²) in [5.74, 6) is -1.17. The van der Waals surface area contributed by atoms with Crippen LogP contribution in [0.5, 0.6) is 0 Å². The molecule has 2 fully saturated rings. The first-order valence-corrected chi connectivity index (χ1v) is 9.37. The number of benzene rings is 1. The van der Waals surface area contributed by atoms with Gasteiger partial charge in [-0.1, -0.05) is 11.6 Å². The van der Waals surface area contributed by atoms with Crippen LogP contribution < -0.4 is 15.1 Å². The van der Waals surface area contributed by atoms with Crippen LogP contribution in [0.3, 0.4) is 0 Å². The maximum Gasteiger partial charge on any atom is 0.227 e. The molecule has 0 aliphatic carbocycles. The summed E-state index contributed by atoms with van der Waals surface area (Å²) in [6.07, 6.45) is 1.06. The standard InChI is InChI=1S/C18H23ClFN3O3/c19-15-11-14(2-3-16(15)20)23-12-13(10-17(23)24)18(25)21-4-1-5-22-6-8-26-9-7-22/h2-3,11,13H,1,4-10,12H2,(H,21,25)/p+1. The SMILES string of the molecule is O=C(NCCC[NH+]1CCOCC1)C1CC(=O)N(c2ccc(F)c(Cl)c2)C1. The molecule has 1 aromatic rings. The van der Waals surface area contributed by atoms with Crippen LogP contribution in [0.1, 0.15) is 12.8 Å². The van der Waals surface area contributed by atoms with Crippen molar-refractivity contribution < 1.29 is 23.6 Å². The zero-order valence-corrected chi connectivity index (χ0v) is 15.4. The Balaban J connectivity index is 1.45. The lowest BCUT2D eigenvalue weighted by atomic mass is 10.1. The van der Waals surface area contributed by atoms with Crippen molar-refractivity contribution in [1.29, 1.82) is 0 Å². The number of carbonyl (C=O) groups is 2. The van der Waals surface area contributed by atoms with E-state index in [1.807, 2.05) is 0 Å². The van der Waals surface area contributed by atoms with E-state index >= 15 is 0 Å². The molecule has 0 saturated carbocycles. The molecule has 0 radical (unpaired) electrons. The van der Waals surface area contributed by atoms with Crippen molar-refractivity contribution in [2.24, 2.45) is 5.92 Å². The molecule has 1 aromatic carbocycles. The summed E-state index contributed by atoms with van der Waals surface area (Å²) in [4.78, 5) is 27.5. The molecule has 2 aliphatic heterocycles. The molecule has 2 heterocycles. The quantitative estimate of drug-likeness (QED) is 0.691. The molecule has 1 atom stereocenters. The maximum absolute atomic E-state index is 13.3. The first-order chi connectivity index (χ1) is 12.5. The summed E-state index contributed by atoms with van der Waals surface area (Å²) >= 11 is 5.79. The molecule has 2 aliphatic rings. The van der Waals surface area contributed by atoms with E-state index in [0.717, 1.165) is 39.3 Å². The van der Waals surface area contributed by atoms with Crippen LogP contribution in [-0.2, 0) is 14.3 Å². The van der Waals surface area contributed by atoms with Crippen LogP contribution in [0.4, 0.5) is 10.1 Å². The second-order valence-electron chi connectivity index (χ2n) is 6.76. The van der Waals surface area contributed by atoms with E-state index in [1.165, 1.54) is 28.0 Å². The fraction of sp³-hybridized carbons (Fsp3) is 0.556. The van der Waals surface area contributed by atoms with Crippen molar-refractivity contribution in [1.82, 2.24) is 5.32 Å². The number of nitrogens with one attached hydrogen (secondary N) is 2. The molecule has 3 rings (SSSR count). The van der Waals surface area contributed by atoms with Gasteiger partial charge < -0.3 is 19.9 Å². The molecule has 142 valence electrons. The number of hydrogen-bond donors (Lipinski definition) is 2. The number of rotatable bonds is 6. The normalized spacial score (nSPS) is 21.2. The van der Waals surface area contributed by atoms with Crippen LogP contribution >= 0.6 is 11.6 Å². The minimum Gasteiger partial charge on any atom is -0.370 e. The molecule has 0 spiro atoms. The molecular formula is C18H24ClFN3O3+. The highest BCUT2D eigenvalue weighted by Gasteiger charge is 2.35. The number of quaternary nitrogens is 1. The highest BCUT2D eigenvalue weighted by atomic mass is 35.5. The molecule has 0 aromatic heterocycles. The van der Waals surface area contributed by atoms with Crippen LogP contribution in [0.25, 0.3) is 0 Å². The third-order valence-corrected chi connectivity index (χ3v) is 5.21. The third-order valence-electron chi connectivity index (χ3n) is 4.92. The predicted molar refractivity (Wildman–Crippen MR) is 95.9 cm³/mol. The molecule has 6 nitrogen and oxygen atoms in total. The van der Waals surface area contributed by atoms with Gasteiger partial charge in [-0.3, -0.25) is 9.59 Å². The molecule has 8 heteroatoms. The highest BCUT2D eigenvalue weighted by Crippen LogP contribution is 2.28. The number of ether oxygens (including phenoxy) is 1. The zero-order valence-electron chi connectivity index (χ0n) is 14.6. The average molecular weight is 385 g/mol. The fourth-order valence-corrected chi connectivity index (χ4v) is 3.56. The van der Waals surface area contributed by atoms with Gasteiger partial charge in [0.2, 0.25) is 11.8 Å². The number of halogens is 2. The van der Waals surface area contributed by atoms with Crippen molar-refractivity contribution in [3.05, 3.63) is 29.0 Å². The number of nitrogens with zero attached hydrogens (tertiary/aromatic N) is 1. The van der Waals surface area contributed by atoms with Crippen LogP contribution in [-0.4, -0.2) is 57.8 Å². The zero-order chi connectivity index (χ0) is 18.5. The first kappa shape index (κ1) is 19.1. The van der Waals surface area contributed by atoms with Gasteiger partial charge >= 0.3 is 0 Å². The number of anilines is 1. The first-order valence-electron chi connectivity index (χ1n) is 8.99. The van der Waals surface area contributed by atoms with Crippen molar-refractivity contribution in [3.8, 4) is 0 Å². The molecule has 1 unspecified atom stereocenters. The Morgan fingerprint density at radius 3 is 2.88 bits per heavy atom. The minimum absolute atomic E-state index is 0.0335. The summed E-state index contributed by atoms with van der Waals surface area (Å²) in [7, 11) is 0. The predicted octanol–water partition coefficient (Wildman–Crippen LogP) is 0.253. The molecule has 2 amide bonds. The lowest BCUT2D eigenvalue weighted by molar-refractivity contribution is -0.908. The van der Waals surface area contributed by atoms with Gasteiger partial charge in [0, 0.05) is 31.6 Å². The molecular weight excluding hydrogens is 361 g/mol. The Kier molecular flexibility index (Phi) is 6.45. The van der Waals surface area contributed by atoms with Crippen LogP contribution in [0.15, 0.2) is 18.2 Å². The van der Waals surface area contributed by atoms with Crippen molar-refractivity contribution >= 4 is 29.1 Å². The van der Waals surface area contributed by atoms with Crippen molar-refractivity contribution in [2.45, 2.75) is 12.8 Å². The lowest BCUT2D eigenvalue weighted by Gasteiger charge is -2.23. The Hall–Kier alpha value is -1.70. The number of carbonyl (C=O) groups excluding carboxylic acids is 2. The minimum atomic E-state index is -0.529. The van der Waals surface area contributed by atoms with Gasteiger partial charge in [0.15, 0.2) is 0 Å². The Morgan fingerprint density at radius 2 is 2.15 bits per heavy atom. The van der Waals surface area contributed by atoms with E-state index in [4.69, 9.17) is 16.3 Å². The smallest absolute Gasteiger partial charge is 0.227 e. The van der Waals surface area contributed by atoms with Gasteiger partial charge in [0.1, 0.15) is 18.9 Å². The summed E-state index contributed by atoms with van der Waals surface area (Å²) in [5.41, 5.74) is 0.521.